The predicted octanol–water partition coefficient (Wildman–Crippen LogP) is 4.85. The summed E-state index contributed by atoms with van der Waals surface area (Å²) < 4.78 is 7.77. The molecule has 1 aliphatic heterocycles. The number of hydrogen-bond acceptors (Lipinski definition) is 5. The zero-order valence-electron chi connectivity index (χ0n) is 20.2. The number of ether oxygens (including phenoxy) is 1. The van der Waals surface area contributed by atoms with Crippen LogP contribution in [0.4, 0.5) is 4.79 Å². The molecular formula is C26H37N5O2. The monoisotopic (exact) mass is 451 g/mol. The Morgan fingerprint density at radius 3 is 2.52 bits per heavy atom. The third kappa shape index (κ3) is 4.79. The van der Waals surface area contributed by atoms with Gasteiger partial charge in [0.1, 0.15) is 5.60 Å². The highest BCUT2D eigenvalue weighted by Gasteiger charge is 2.36. The fourth-order valence-corrected chi connectivity index (χ4v) is 5.21. The molecule has 2 aliphatic carbocycles. The number of carbonyl (C=O) groups is 1. The molecule has 0 atom stereocenters. The average molecular weight is 452 g/mol. The number of rotatable bonds is 5. The number of likely N-dealkylation sites (tertiary alicyclic amines) is 1. The van der Waals surface area contributed by atoms with Gasteiger partial charge in [-0.15, -0.1) is 0 Å². The van der Waals surface area contributed by atoms with Gasteiger partial charge in [-0.25, -0.2) is 4.79 Å². The largest absolute Gasteiger partial charge is 0.444 e. The van der Waals surface area contributed by atoms with Crippen molar-refractivity contribution in [1.29, 1.82) is 0 Å². The summed E-state index contributed by atoms with van der Waals surface area (Å²) >= 11 is 0. The second kappa shape index (κ2) is 8.75. The first kappa shape index (κ1) is 22.4. The molecule has 7 nitrogen and oxygen atoms in total. The Labute approximate surface area is 196 Å². The number of amides is 1. The first-order valence-electron chi connectivity index (χ1n) is 12.5. The highest BCUT2D eigenvalue weighted by molar-refractivity contribution is 5.69. The summed E-state index contributed by atoms with van der Waals surface area (Å²) in [6, 6.07) is 4.73. The van der Waals surface area contributed by atoms with Gasteiger partial charge in [0, 0.05) is 37.0 Å². The maximum Gasteiger partial charge on any atom is 0.410 e. The fourth-order valence-electron chi connectivity index (χ4n) is 5.21. The molecule has 2 aromatic heterocycles. The van der Waals surface area contributed by atoms with E-state index in [1.54, 1.807) is 0 Å². The van der Waals surface area contributed by atoms with Crippen LogP contribution in [0.5, 0.6) is 0 Å². The number of pyridine rings is 1. The molecule has 2 N–H and O–H groups in total. The van der Waals surface area contributed by atoms with Crippen LogP contribution in [-0.4, -0.2) is 51.0 Å². The van der Waals surface area contributed by atoms with Crippen LogP contribution < -0.4 is 5.73 Å². The van der Waals surface area contributed by atoms with Gasteiger partial charge in [-0.2, -0.15) is 5.10 Å². The minimum Gasteiger partial charge on any atom is -0.444 e. The molecule has 3 aliphatic rings. The van der Waals surface area contributed by atoms with E-state index in [0.29, 0.717) is 36.9 Å². The van der Waals surface area contributed by atoms with E-state index in [1.165, 1.54) is 29.7 Å². The lowest BCUT2D eigenvalue weighted by molar-refractivity contribution is 0.0205. The molecule has 2 saturated carbocycles. The summed E-state index contributed by atoms with van der Waals surface area (Å²) in [5, 5.41) is 5.06. The van der Waals surface area contributed by atoms with Gasteiger partial charge in [0.05, 0.1) is 17.4 Å². The lowest BCUT2D eigenvalue weighted by Gasteiger charge is -2.34. The van der Waals surface area contributed by atoms with E-state index in [2.05, 4.69) is 16.9 Å². The normalized spacial score (nSPS) is 23.9. The van der Waals surface area contributed by atoms with Gasteiger partial charge in [-0.05, 0) is 89.3 Å². The van der Waals surface area contributed by atoms with E-state index in [9.17, 15) is 4.79 Å². The molecule has 1 saturated heterocycles. The van der Waals surface area contributed by atoms with Gasteiger partial charge < -0.3 is 15.4 Å². The Morgan fingerprint density at radius 1 is 1.15 bits per heavy atom. The summed E-state index contributed by atoms with van der Waals surface area (Å²) in [6.45, 7) is 7.94. The van der Waals surface area contributed by atoms with Gasteiger partial charge in [0.2, 0.25) is 0 Å². The summed E-state index contributed by atoms with van der Waals surface area (Å²) in [4.78, 5) is 19.2. The molecule has 0 radical (unpaired) electrons. The van der Waals surface area contributed by atoms with Crippen molar-refractivity contribution >= 4 is 6.09 Å². The van der Waals surface area contributed by atoms with Crippen molar-refractivity contribution in [3.63, 3.8) is 0 Å². The standard InChI is InChI=1S/C26H37N5O2/c1-26(2,3)33-25(32)30-11-8-18(9-12-30)21-5-4-10-28-24(21)22-16-31(20-13-17(14-20)15-27)29-23(22)19-6-7-19/h4-5,10,16-20H,6-9,11-15,27H2,1-3H3/t17-,20-. The first-order valence-corrected chi connectivity index (χ1v) is 12.5. The summed E-state index contributed by atoms with van der Waals surface area (Å²) in [5.41, 5.74) is 10.2. The second-order valence-corrected chi connectivity index (χ2v) is 11.1. The number of carbonyl (C=O) groups excluding carboxylic acids is 1. The molecule has 2 aromatic rings. The molecule has 7 heteroatoms. The van der Waals surface area contributed by atoms with Crippen LogP contribution in [0.15, 0.2) is 24.5 Å². The van der Waals surface area contributed by atoms with Crippen molar-refractivity contribution in [3.8, 4) is 11.3 Å². The van der Waals surface area contributed by atoms with Crippen LogP contribution in [0.3, 0.4) is 0 Å². The van der Waals surface area contributed by atoms with Crippen LogP contribution in [0, 0.1) is 5.92 Å². The molecule has 3 heterocycles. The fraction of sp³-hybridized carbons (Fsp3) is 0.654. The van der Waals surface area contributed by atoms with Crippen molar-refractivity contribution in [1.82, 2.24) is 19.7 Å². The van der Waals surface area contributed by atoms with E-state index in [0.717, 1.165) is 37.9 Å². The van der Waals surface area contributed by atoms with Gasteiger partial charge in [-0.3, -0.25) is 9.67 Å². The number of aromatic nitrogens is 3. The molecule has 178 valence electrons. The molecule has 0 unspecified atom stereocenters. The van der Waals surface area contributed by atoms with Crippen LogP contribution in [-0.2, 0) is 4.74 Å². The number of nitrogens with zero attached hydrogens (tertiary/aromatic N) is 4. The van der Waals surface area contributed by atoms with Crippen molar-refractivity contribution in [3.05, 3.63) is 35.8 Å². The first-order chi connectivity index (χ1) is 15.8. The zero-order valence-corrected chi connectivity index (χ0v) is 20.2. The van der Waals surface area contributed by atoms with E-state index in [4.69, 9.17) is 20.6 Å². The Morgan fingerprint density at radius 2 is 1.88 bits per heavy atom. The van der Waals surface area contributed by atoms with Crippen molar-refractivity contribution in [2.75, 3.05) is 19.6 Å². The molecule has 5 rings (SSSR count). The van der Waals surface area contributed by atoms with Gasteiger partial charge in [-0.1, -0.05) is 6.07 Å². The Bertz CT molecular complexity index is 992. The molecule has 33 heavy (non-hydrogen) atoms. The maximum absolute atomic E-state index is 12.5. The molecule has 1 amide bonds. The highest BCUT2D eigenvalue weighted by Crippen LogP contribution is 2.47. The molecule has 0 spiro atoms. The van der Waals surface area contributed by atoms with Gasteiger partial charge in [0.25, 0.3) is 0 Å². The summed E-state index contributed by atoms with van der Waals surface area (Å²) in [6.07, 6.45) is 10.5. The molecule has 3 fully saturated rings. The molecular weight excluding hydrogens is 414 g/mol. The summed E-state index contributed by atoms with van der Waals surface area (Å²) in [7, 11) is 0. The third-order valence-electron chi connectivity index (χ3n) is 7.32. The Kier molecular flexibility index (Phi) is 5.93. The molecule has 0 bridgehead atoms. The SMILES string of the molecule is CC(C)(C)OC(=O)N1CCC(c2cccnc2-c2cn([C@H]3C[C@H](CN)C3)nc2C2CC2)CC1. The van der Waals surface area contributed by atoms with Crippen molar-refractivity contribution in [2.24, 2.45) is 11.7 Å². The van der Waals surface area contributed by atoms with Gasteiger partial charge >= 0.3 is 6.09 Å². The Hall–Kier alpha value is -2.41. The van der Waals surface area contributed by atoms with E-state index >= 15 is 0 Å². The number of nitrogens with two attached hydrogens (primary N) is 1. The van der Waals surface area contributed by atoms with E-state index < -0.39 is 5.60 Å². The third-order valence-corrected chi connectivity index (χ3v) is 7.32. The predicted molar refractivity (Wildman–Crippen MR) is 128 cm³/mol. The van der Waals surface area contributed by atoms with Crippen LogP contribution in [0.2, 0.25) is 0 Å². The topological polar surface area (TPSA) is 86.3 Å². The second-order valence-electron chi connectivity index (χ2n) is 11.1. The van der Waals surface area contributed by atoms with Crippen molar-refractivity contribution in [2.45, 2.75) is 82.8 Å². The number of hydrogen-bond donors (Lipinski definition) is 1. The maximum atomic E-state index is 12.5. The average Bonchev–Trinajstić information content (AvgIpc) is 3.51. The minimum absolute atomic E-state index is 0.207. The van der Waals surface area contributed by atoms with Crippen molar-refractivity contribution < 1.29 is 9.53 Å². The quantitative estimate of drug-likeness (QED) is 0.702. The summed E-state index contributed by atoms with van der Waals surface area (Å²) in [5.74, 6) is 1.58. The van der Waals surface area contributed by atoms with Gasteiger partial charge in [0.15, 0.2) is 0 Å². The number of piperidine rings is 1. The Balaban J connectivity index is 1.35. The van der Waals surface area contributed by atoms with Crippen LogP contribution in [0.25, 0.3) is 11.3 Å². The van der Waals surface area contributed by atoms with E-state index in [1.807, 2.05) is 37.9 Å². The highest BCUT2D eigenvalue weighted by atomic mass is 16.6. The smallest absolute Gasteiger partial charge is 0.410 e. The van der Waals surface area contributed by atoms with Crippen LogP contribution >= 0.6 is 0 Å². The lowest BCUT2D eigenvalue weighted by atomic mass is 9.80. The molecule has 0 aromatic carbocycles. The zero-order chi connectivity index (χ0) is 23.2. The van der Waals surface area contributed by atoms with E-state index in [-0.39, 0.29) is 6.09 Å². The minimum atomic E-state index is -0.464. The lowest BCUT2D eigenvalue weighted by Crippen LogP contribution is -2.41. The van der Waals surface area contributed by atoms with Crippen LogP contribution in [0.1, 0.15) is 88.4 Å².